The van der Waals surface area contributed by atoms with Gasteiger partial charge in [0, 0.05) is 6.42 Å². The van der Waals surface area contributed by atoms with Crippen molar-refractivity contribution in [1.82, 2.24) is 0 Å². The van der Waals surface area contributed by atoms with Gasteiger partial charge in [-0.2, -0.15) is 0 Å². The second-order valence-corrected chi connectivity index (χ2v) is 4.38. The molecule has 1 N–H and O–H groups in total. The van der Waals surface area contributed by atoms with Crippen molar-refractivity contribution in [3.8, 4) is 0 Å². The van der Waals surface area contributed by atoms with Crippen LogP contribution in [0.2, 0.25) is 0 Å². The molecule has 0 bridgehead atoms. The molecule has 0 spiro atoms. The van der Waals surface area contributed by atoms with E-state index in [1.54, 1.807) is 12.1 Å². The van der Waals surface area contributed by atoms with Gasteiger partial charge in [0.2, 0.25) is 0 Å². The third-order valence-electron chi connectivity index (χ3n) is 2.24. The summed E-state index contributed by atoms with van der Waals surface area (Å²) in [7, 11) is 0. The average molecular weight is 240 g/mol. The number of carboxylic acids is 1. The SMILES string of the molecule is CC(C)COC(Cc1ccc(F)cc1)C(=O)O. The molecular formula is C13H17FO3. The Balaban J connectivity index is 2.60. The van der Waals surface area contributed by atoms with E-state index in [9.17, 15) is 9.18 Å². The van der Waals surface area contributed by atoms with E-state index in [1.807, 2.05) is 13.8 Å². The van der Waals surface area contributed by atoms with Crippen LogP contribution >= 0.6 is 0 Å². The molecule has 0 fully saturated rings. The summed E-state index contributed by atoms with van der Waals surface area (Å²) in [6.07, 6.45) is -0.620. The van der Waals surface area contributed by atoms with Crippen LogP contribution in [0.3, 0.4) is 0 Å². The number of halogens is 1. The Labute approximate surface area is 100 Å². The maximum atomic E-state index is 12.7. The summed E-state index contributed by atoms with van der Waals surface area (Å²) in [6.45, 7) is 4.31. The molecule has 1 rings (SSSR count). The molecule has 0 heterocycles. The normalized spacial score (nSPS) is 12.7. The van der Waals surface area contributed by atoms with E-state index in [1.165, 1.54) is 12.1 Å². The van der Waals surface area contributed by atoms with Crippen molar-refractivity contribution in [2.45, 2.75) is 26.4 Å². The first-order valence-corrected chi connectivity index (χ1v) is 5.58. The summed E-state index contributed by atoms with van der Waals surface area (Å²) in [4.78, 5) is 11.0. The van der Waals surface area contributed by atoms with Crippen LogP contribution in [0.4, 0.5) is 4.39 Å². The van der Waals surface area contributed by atoms with Gasteiger partial charge in [-0.25, -0.2) is 9.18 Å². The fourth-order valence-corrected chi connectivity index (χ4v) is 1.36. The molecule has 94 valence electrons. The van der Waals surface area contributed by atoms with Gasteiger partial charge in [-0.05, 0) is 23.6 Å². The first-order chi connectivity index (χ1) is 7.99. The first-order valence-electron chi connectivity index (χ1n) is 5.58. The molecular weight excluding hydrogens is 223 g/mol. The highest BCUT2D eigenvalue weighted by Gasteiger charge is 2.19. The molecule has 1 atom stereocenters. The molecule has 0 aliphatic rings. The monoisotopic (exact) mass is 240 g/mol. The van der Waals surface area contributed by atoms with Gasteiger partial charge in [0.05, 0.1) is 6.61 Å². The standard InChI is InChI=1S/C13H17FO3/c1-9(2)8-17-12(13(15)16)7-10-3-5-11(14)6-4-10/h3-6,9,12H,7-8H2,1-2H3,(H,15,16). The topological polar surface area (TPSA) is 46.5 Å². The van der Waals surface area contributed by atoms with Crippen molar-refractivity contribution in [2.24, 2.45) is 5.92 Å². The number of ether oxygens (including phenoxy) is 1. The lowest BCUT2D eigenvalue weighted by molar-refractivity contribution is -0.150. The van der Waals surface area contributed by atoms with E-state index < -0.39 is 12.1 Å². The van der Waals surface area contributed by atoms with Crippen LogP contribution < -0.4 is 0 Å². The molecule has 0 aromatic heterocycles. The molecule has 0 radical (unpaired) electrons. The Hall–Kier alpha value is -1.42. The number of aliphatic carboxylic acids is 1. The maximum Gasteiger partial charge on any atom is 0.333 e. The fourth-order valence-electron chi connectivity index (χ4n) is 1.36. The van der Waals surface area contributed by atoms with E-state index in [2.05, 4.69) is 0 Å². The van der Waals surface area contributed by atoms with Crippen LogP contribution in [-0.4, -0.2) is 23.8 Å². The quantitative estimate of drug-likeness (QED) is 0.831. The molecule has 3 nitrogen and oxygen atoms in total. The lowest BCUT2D eigenvalue weighted by atomic mass is 10.1. The van der Waals surface area contributed by atoms with E-state index in [-0.39, 0.29) is 18.2 Å². The van der Waals surface area contributed by atoms with Crippen LogP contribution in [-0.2, 0) is 16.0 Å². The molecule has 1 unspecified atom stereocenters. The van der Waals surface area contributed by atoms with E-state index in [0.717, 1.165) is 5.56 Å². The molecule has 1 aromatic carbocycles. The molecule has 1 aromatic rings. The zero-order valence-corrected chi connectivity index (χ0v) is 10.0. The summed E-state index contributed by atoms with van der Waals surface area (Å²) >= 11 is 0. The fraction of sp³-hybridized carbons (Fsp3) is 0.462. The summed E-state index contributed by atoms with van der Waals surface area (Å²) in [5.41, 5.74) is 0.752. The Morgan fingerprint density at radius 2 is 1.94 bits per heavy atom. The van der Waals surface area contributed by atoms with Crippen molar-refractivity contribution >= 4 is 5.97 Å². The van der Waals surface area contributed by atoms with Crippen molar-refractivity contribution in [3.05, 3.63) is 35.6 Å². The third kappa shape index (κ3) is 4.95. The van der Waals surface area contributed by atoms with Gasteiger partial charge in [0.1, 0.15) is 5.82 Å². The first kappa shape index (κ1) is 13.6. The minimum Gasteiger partial charge on any atom is -0.479 e. The molecule has 4 heteroatoms. The van der Waals surface area contributed by atoms with Crippen LogP contribution in [0.25, 0.3) is 0 Å². The maximum absolute atomic E-state index is 12.7. The summed E-state index contributed by atoms with van der Waals surface area (Å²) in [5.74, 6) is -1.04. The largest absolute Gasteiger partial charge is 0.479 e. The van der Waals surface area contributed by atoms with E-state index in [4.69, 9.17) is 9.84 Å². The van der Waals surface area contributed by atoms with Crippen LogP contribution in [0.5, 0.6) is 0 Å². The number of carboxylic acid groups (broad SMARTS) is 1. The average Bonchev–Trinajstić information content (AvgIpc) is 2.26. The van der Waals surface area contributed by atoms with Crippen molar-refractivity contribution in [1.29, 1.82) is 0 Å². The van der Waals surface area contributed by atoms with Crippen molar-refractivity contribution < 1.29 is 19.0 Å². The Bertz CT molecular complexity index is 359. The lowest BCUT2D eigenvalue weighted by Crippen LogP contribution is -2.28. The third-order valence-corrected chi connectivity index (χ3v) is 2.24. The van der Waals surface area contributed by atoms with Gasteiger partial charge < -0.3 is 9.84 Å². The van der Waals surface area contributed by atoms with Gasteiger partial charge in [-0.3, -0.25) is 0 Å². The minimum absolute atomic E-state index is 0.252. The highest BCUT2D eigenvalue weighted by atomic mass is 19.1. The Morgan fingerprint density at radius 3 is 2.41 bits per heavy atom. The second kappa shape index (κ2) is 6.35. The van der Waals surface area contributed by atoms with E-state index in [0.29, 0.717) is 6.61 Å². The summed E-state index contributed by atoms with van der Waals surface area (Å²) in [6, 6.07) is 5.78. The highest BCUT2D eigenvalue weighted by molar-refractivity contribution is 5.72. The zero-order chi connectivity index (χ0) is 12.8. The molecule has 0 saturated carbocycles. The number of hydrogen-bond donors (Lipinski definition) is 1. The summed E-state index contributed by atoms with van der Waals surface area (Å²) < 4.78 is 18.0. The van der Waals surface area contributed by atoms with Gasteiger partial charge in [0.25, 0.3) is 0 Å². The van der Waals surface area contributed by atoms with Crippen molar-refractivity contribution in [3.63, 3.8) is 0 Å². The lowest BCUT2D eigenvalue weighted by Gasteiger charge is -2.15. The molecule has 0 aliphatic carbocycles. The second-order valence-electron chi connectivity index (χ2n) is 4.38. The summed E-state index contributed by atoms with van der Waals surface area (Å²) in [5, 5.41) is 9.00. The number of carbonyl (C=O) groups is 1. The van der Waals surface area contributed by atoms with Crippen molar-refractivity contribution in [2.75, 3.05) is 6.61 Å². The molecule has 0 aliphatic heterocycles. The van der Waals surface area contributed by atoms with Gasteiger partial charge in [-0.15, -0.1) is 0 Å². The Kier molecular flexibility index (Phi) is 5.10. The number of benzene rings is 1. The zero-order valence-electron chi connectivity index (χ0n) is 10.0. The minimum atomic E-state index is -0.991. The van der Waals surface area contributed by atoms with E-state index >= 15 is 0 Å². The number of rotatable bonds is 6. The molecule has 0 amide bonds. The van der Waals surface area contributed by atoms with Crippen LogP contribution in [0.15, 0.2) is 24.3 Å². The predicted octanol–water partition coefficient (Wildman–Crippen LogP) is 2.49. The molecule has 0 saturated heterocycles. The van der Waals surface area contributed by atoms with Crippen LogP contribution in [0, 0.1) is 11.7 Å². The van der Waals surface area contributed by atoms with Crippen LogP contribution in [0.1, 0.15) is 19.4 Å². The highest BCUT2D eigenvalue weighted by Crippen LogP contribution is 2.09. The van der Waals surface area contributed by atoms with Gasteiger partial charge in [-0.1, -0.05) is 26.0 Å². The Morgan fingerprint density at radius 1 is 1.35 bits per heavy atom. The van der Waals surface area contributed by atoms with Gasteiger partial charge >= 0.3 is 5.97 Å². The smallest absolute Gasteiger partial charge is 0.333 e. The van der Waals surface area contributed by atoms with Gasteiger partial charge in [0.15, 0.2) is 6.10 Å². The molecule has 17 heavy (non-hydrogen) atoms. The predicted molar refractivity (Wildman–Crippen MR) is 62.3 cm³/mol. The number of hydrogen-bond acceptors (Lipinski definition) is 2.